The number of amides is 2. The van der Waals surface area contributed by atoms with E-state index in [0.29, 0.717) is 23.8 Å². The zero-order chi connectivity index (χ0) is 23.8. The lowest BCUT2D eigenvalue weighted by atomic mass is 9.95. The molecule has 7 heteroatoms. The maximum atomic E-state index is 12.9. The summed E-state index contributed by atoms with van der Waals surface area (Å²) >= 11 is 5.97. The van der Waals surface area contributed by atoms with Crippen molar-refractivity contribution in [2.75, 3.05) is 26.7 Å². The first-order valence-corrected chi connectivity index (χ1v) is 11.9. The number of hydrogen-bond donors (Lipinski definition) is 2. The number of piperidine rings is 1. The summed E-state index contributed by atoms with van der Waals surface area (Å²) < 4.78 is 5.19. The maximum Gasteiger partial charge on any atom is 0.252 e. The summed E-state index contributed by atoms with van der Waals surface area (Å²) in [5.41, 5.74) is 1.73. The molecule has 1 aliphatic rings. The highest BCUT2D eigenvalue weighted by atomic mass is 35.5. The first kappa shape index (κ1) is 25.1. The molecule has 1 aliphatic heterocycles. The highest BCUT2D eigenvalue weighted by molar-refractivity contribution is 6.30. The van der Waals surface area contributed by atoms with Crippen LogP contribution in [0.4, 0.5) is 0 Å². The van der Waals surface area contributed by atoms with Gasteiger partial charge in [0.1, 0.15) is 11.8 Å². The summed E-state index contributed by atoms with van der Waals surface area (Å²) in [5, 5.41) is 6.72. The number of hydrogen-bond acceptors (Lipinski definition) is 4. The van der Waals surface area contributed by atoms with Crippen LogP contribution in [0, 0.1) is 11.8 Å². The summed E-state index contributed by atoms with van der Waals surface area (Å²) in [6.45, 7) is 7.43. The highest BCUT2D eigenvalue weighted by Gasteiger charge is 2.26. The van der Waals surface area contributed by atoms with Crippen molar-refractivity contribution in [2.45, 2.75) is 39.3 Å². The molecule has 1 atom stereocenters. The average Bonchev–Trinajstić information content (AvgIpc) is 2.83. The van der Waals surface area contributed by atoms with Crippen molar-refractivity contribution >= 4 is 23.4 Å². The van der Waals surface area contributed by atoms with E-state index in [1.54, 1.807) is 31.4 Å². The van der Waals surface area contributed by atoms with E-state index in [2.05, 4.69) is 27.7 Å². The maximum absolute atomic E-state index is 12.9. The Hall–Kier alpha value is -2.57. The van der Waals surface area contributed by atoms with Crippen LogP contribution in [0.5, 0.6) is 5.75 Å². The number of carbonyl (C=O) groups excluding carboxylic acids is 2. The van der Waals surface area contributed by atoms with Crippen LogP contribution in [0.25, 0.3) is 0 Å². The van der Waals surface area contributed by atoms with Gasteiger partial charge in [0, 0.05) is 23.7 Å². The second kappa shape index (κ2) is 12.1. The molecule has 1 heterocycles. The van der Waals surface area contributed by atoms with Gasteiger partial charge in [0.15, 0.2) is 0 Å². The molecule has 0 radical (unpaired) electrons. The molecular weight excluding hydrogens is 438 g/mol. The van der Waals surface area contributed by atoms with Gasteiger partial charge in [-0.15, -0.1) is 0 Å². The fraction of sp³-hybridized carbons (Fsp3) is 0.462. The Kier molecular flexibility index (Phi) is 9.15. The molecule has 2 N–H and O–H groups in total. The number of methoxy groups -OCH3 is 1. The largest absolute Gasteiger partial charge is 0.497 e. The van der Waals surface area contributed by atoms with Gasteiger partial charge in [0.2, 0.25) is 5.91 Å². The van der Waals surface area contributed by atoms with Crippen molar-refractivity contribution in [2.24, 2.45) is 11.8 Å². The van der Waals surface area contributed by atoms with Crippen LogP contribution in [0.1, 0.15) is 42.6 Å². The van der Waals surface area contributed by atoms with E-state index in [1.165, 1.54) is 5.56 Å². The van der Waals surface area contributed by atoms with Crippen molar-refractivity contribution in [1.82, 2.24) is 15.5 Å². The third-order valence-corrected chi connectivity index (χ3v) is 6.41. The second-order valence-corrected chi connectivity index (χ2v) is 9.45. The van der Waals surface area contributed by atoms with Crippen LogP contribution in [0.3, 0.4) is 0 Å². The Labute approximate surface area is 201 Å². The minimum Gasteiger partial charge on any atom is -0.497 e. The Morgan fingerprint density at radius 3 is 2.45 bits per heavy atom. The minimum absolute atomic E-state index is 0.0271. The van der Waals surface area contributed by atoms with E-state index in [0.717, 1.165) is 37.5 Å². The Morgan fingerprint density at radius 2 is 1.82 bits per heavy atom. The molecule has 0 aromatic heterocycles. The monoisotopic (exact) mass is 471 g/mol. The van der Waals surface area contributed by atoms with Crippen molar-refractivity contribution in [3.63, 3.8) is 0 Å². The topological polar surface area (TPSA) is 70.7 Å². The van der Waals surface area contributed by atoms with Crippen molar-refractivity contribution < 1.29 is 14.3 Å². The van der Waals surface area contributed by atoms with E-state index >= 15 is 0 Å². The zero-order valence-corrected chi connectivity index (χ0v) is 20.4. The molecule has 0 bridgehead atoms. The van der Waals surface area contributed by atoms with Crippen LogP contribution in [0.15, 0.2) is 48.5 Å². The van der Waals surface area contributed by atoms with Crippen LogP contribution in [0.2, 0.25) is 5.02 Å². The number of nitrogens with zero attached hydrogens (tertiary/aromatic N) is 1. The quantitative estimate of drug-likeness (QED) is 0.576. The van der Waals surface area contributed by atoms with Gasteiger partial charge in [-0.1, -0.05) is 43.6 Å². The molecule has 2 aromatic carbocycles. The normalized spacial score (nSPS) is 15.8. The number of benzene rings is 2. The van der Waals surface area contributed by atoms with E-state index in [4.69, 9.17) is 16.3 Å². The lowest BCUT2D eigenvalue weighted by Crippen LogP contribution is -2.51. The molecule has 1 fully saturated rings. The van der Waals surface area contributed by atoms with Crippen molar-refractivity contribution in [1.29, 1.82) is 0 Å². The molecule has 1 saturated heterocycles. The number of carbonyl (C=O) groups is 2. The third kappa shape index (κ3) is 7.47. The van der Waals surface area contributed by atoms with Crippen LogP contribution >= 0.6 is 11.6 Å². The Morgan fingerprint density at radius 1 is 1.12 bits per heavy atom. The fourth-order valence-corrected chi connectivity index (χ4v) is 4.20. The van der Waals surface area contributed by atoms with E-state index in [-0.39, 0.29) is 17.7 Å². The lowest BCUT2D eigenvalue weighted by Gasteiger charge is -2.32. The molecular formula is C26H34ClN3O3. The van der Waals surface area contributed by atoms with Gasteiger partial charge in [0.05, 0.1) is 7.11 Å². The zero-order valence-electron chi connectivity index (χ0n) is 19.6. The molecule has 33 heavy (non-hydrogen) atoms. The number of likely N-dealkylation sites (tertiary alicyclic amines) is 1. The molecule has 0 saturated carbocycles. The van der Waals surface area contributed by atoms with Gasteiger partial charge in [-0.2, -0.15) is 0 Å². The van der Waals surface area contributed by atoms with Gasteiger partial charge in [0.25, 0.3) is 5.91 Å². The molecule has 0 spiro atoms. The van der Waals surface area contributed by atoms with Gasteiger partial charge in [-0.25, -0.2) is 0 Å². The summed E-state index contributed by atoms with van der Waals surface area (Å²) in [6.07, 6.45) is 2.08. The second-order valence-electron chi connectivity index (χ2n) is 9.02. The van der Waals surface area contributed by atoms with Crippen molar-refractivity contribution in [3.8, 4) is 5.75 Å². The SMILES string of the molecule is COc1cccc(C(=O)NC(C(=O)NCC2CCN(Cc3ccc(Cl)cc3)CC2)C(C)C)c1. The molecule has 2 amide bonds. The predicted octanol–water partition coefficient (Wildman–Crippen LogP) is 4.13. The molecule has 0 aliphatic carbocycles. The fourth-order valence-electron chi connectivity index (χ4n) is 4.08. The van der Waals surface area contributed by atoms with Crippen LogP contribution in [-0.4, -0.2) is 49.5 Å². The molecule has 178 valence electrons. The van der Waals surface area contributed by atoms with Crippen LogP contribution < -0.4 is 15.4 Å². The standard InChI is InChI=1S/C26H34ClN3O3/c1-18(2)24(29-25(31)21-5-4-6-23(15-21)33-3)26(32)28-16-19-11-13-30(14-12-19)17-20-7-9-22(27)10-8-20/h4-10,15,18-19,24H,11-14,16-17H2,1-3H3,(H,28,32)(H,29,31). The first-order valence-electron chi connectivity index (χ1n) is 11.5. The minimum atomic E-state index is -0.589. The molecule has 1 unspecified atom stereocenters. The van der Waals surface area contributed by atoms with Crippen LogP contribution in [-0.2, 0) is 11.3 Å². The summed E-state index contributed by atoms with van der Waals surface area (Å²) in [6, 6.07) is 14.3. The number of nitrogens with one attached hydrogen (secondary N) is 2. The Balaban J connectivity index is 1.46. The van der Waals surface area contributed by atoms with E-state index < -0.39 is 6.04 Å². The summed E-state index contributed by atoms with van der Waals surface area (Å²) in [4.78, 5) is 28.0. The molecule has 6 nitrogen and oxygen atoms in total. The number of rotatable bonds is 9. The highest BCUT2D eigenvalue weighted by Crippen LogP contribution is 2.20. The first-order chi connectivity index (χ1) is 15.9. The number of ether oxygens (including phenoxy) is 1. The van der Waals surface area contributed by atoms with E-state index in [9.17, 15) is 9.59 Å². The van der Waals surface area contributed by atoms with Gasteiger partial charge in [-0.3, -0.25) is 14.5 Å². The van der Waals surface area contributed by atoms with Crippen molar-refractivity contribution in [3.05, 3.63) is 64.7 Å². The van der Waals surface area contributed by atoms with Gasteiger partial charge < -0.3 is 15.4 Å². The summed E-state index contributed by atoms with van der Waals surface area (Å²) in [7, 11) is 1.56. The number of halogens is 1. The lowest BCUT2D eigenvalue weighted by molar-refractivity contribution is -0.124. The van der Waals surface area contributed by atoms with Gasteiger partial charge in [-0.05, 0) is 73.7 Å². The summed E-state index contributed by atoms with van der Waals surface area (Å²) in [5.74, 6) is 0.608. The van der Waals surface area contributed by atoms with E-state index in [1.807, 2.05) is 26.0 Å². The third-order valence-electron chi connectivity index (χ3n) is 6.16. The molecule has 3 rings (SSSR count). The molecule has 2 aromatic rings. The van der Waals surface area contributed by atoms with Gasteiger partial charge >= 0.3 is 0 Å². The smallest absolute Gasteiger partial charge is 0.252 e. The average molecular weight is 472 g/mol. The Bertz CT molecular complexity index is 925. The predicted molar refractivity (Wildman–Crippen MR) is 132 cm³/mol.